The van der Waals surface area contributed by atoms with Gasteiger partial charge in [0.1, 0.15) is 5.60 Å². The zero-order valence-electron chi connectivity index (χ0n) is 10.7. The first kappa shape index (κ1) is 12.5. The number of nitrogens with one attached hydrogen (secondary N) is 1. The van der Waals surface area contributed by atoms with Crippen molar-refractivity contribution in [3.05, 3.63) is 11.7 Å². The number of aromatic nitrogens is 2. The van der Waals surface area contributed by atoms with E-state index >= 15 is 0 Å². The Balaban J connectivity index is 2.01. The Bertz CT molecular complexity index is 345. The van der Waals surface area contributed by atoms with Gasteiger partial charge >= 0.3 is 0 Å². The number of methoxy groups -OCH3 is 1. The van der Waals surface area contributed by atoms with Crippen molar-refractivity contribution < 1.29 is 9.26 Å². The van der Waals surface area contributed by atoms with Crippen molar-refractivity contribution in [1.29, 1.82) is 0 Å². The minimum atomic E-state index is -0.299. The monoisotopic (exact) mass is 239 g/mol. The van der Waals surface area contributed by atoms with Crippen LogP contribution < -0.4 is 5.32 Å². The molecule has 0 atom stereocenters. The lowest BCUT2D eigenvalue weighted by atomic mass is 10.0. The van der Waals surface area contributed by atoms with Gasteiger partial charge in [0.15, 0.2) is 0 Å². The molecule has 0 radical (unpaired) electrons. The van der Waals surface area contributed by atoms with Gasteiger partial charge in [0.25, 0.3) is 0 Å². The SMILES string of the molecule is CCCNCc1nc(C2(OC)CCCC2)no1. The Kier molecular flexibility index (Phi) is 4.12. The molecule has 96 valence electrons. The molecule has 5 heteroatoms. The fourth-order valence-electron chi connectivity index (χ4n) is 2.35. The summed E-state index contributed by atoms with van der Waals surface area (Å²) in [5.74, 6) is 1.36. The molecular formula is C12H21N3O2. The van der Waals surface area contributed by atoms with Gasteiger partial charge in [0.2, 0.25) is 11.7 Å². The van der Waals surface area contributed by atoms with Gasteiger partial charge in [-0.2, -0.15) is 4.98 Å². The second kappa shape index (κ2) is 5.60. The van der Waals surface area contributed by atoms with E-state index in [0.29, 0.717) is 18.3 Å². The van der Waals surface area contributed by atoms with Crippen LogP contribution in [-0.2, 0) is 16.9 Å². The summed E-state index contributed by atoms with van der Waals surface area (Å²) in [4.78, 5) is 4.44. The van der Waals surface area contributed by atoms with Gasteiger partial charge in [-0.15, -0.1) is 0 Å². The lowest BCUT2D eigenvalue weighted by Crippen LogP contribution is -2.26. The van der Waals surface area contributed by atoms with Crippen LogP contribution in [-0.4, -0.2) is 23.8 Å². The van der Waals surface area contributed by atoms with E-state index in [1.165, 1.54) is 12.8 Å². The Morgan fingerprint density at radius 1 is 1.41 bits per heavy atom. The lowest BCUT2D eigenvalue weighted by molar-refractivity contribution is -0.0178. The maximum absolute atomic E-state index is 5.62. The Morgan fingerprint density at radius 2 is 2.18 bits per heavy atom. The number of hydrogen-bond donors (Lipinski definition) is 1. The molecule has 5 nitrogen and oxygen atoms in total. The summed E-state index contributed by atoms with van der Waals surface area (Å²) in [7, 11) is 1.73. The third kappa shape index (κ3) is 2.66. The number of rotatable bonds is 6. The van der Waals surface area contributed by atoms with Gasteiger partial charge in [-0.3, -0.25) is 0 Å². The molecule has 1 aliphatic carbocycles. The van der Waals surface area contributed by atoms with Crippen molar-refractivity contribution in [1.82, 2.24) is 15.5 Å². The standard InChI is InChI=1S/C12H21N3O2/c1-3-8-13-9-10-14-11(15-17-10)12(16-2)6-4-5-7-12/h13H,3-9H2,1-2H3. The highest BCUT2D eigenvalue weighted by atomic mass is 16.5. The summed E-state index contributed by atoms with van der Waals surface area (Å²) in [5, 5.41) is 7.32. The molecule has 17 heavy (non-hydrogen) atoms. The molecule has 0 aromatic carbocycles. The Labute approximate surface area is 102 Å². The van der Waals surface area contributed by atoms with Gasteiger partial charge in [-0.1, -0.05) is 12.1 Å². The van der Waals surface area contributed by atoms with Crippen molar-refractivity contribution in [3.63, 3.8) is 0 Å². The van der Waals surface area contributed by atoms with Crippen LogP contribution in [0.3, 0.4) is 0 Å². The van der Waals surface area contributed by atoms with Crippen LogP contribution in [0.2, 0.25) is 0 Å². The van der Waals surface area contributed by atoms with Crippen molar-refractivity contribution in [3.8, 4) is 0 Å². The van der Waals surface area contributed by atoms with Crippen LogP contribution >= 0.6 is 0 Å². The van der Waals surface area contributed by atoms with Crippen LogP contribution in [0.1, 0.15) is 50.7 Å². The van der Waals surface area contributed by atoms with Crippen molar-refractivity contribution in [2.24, 2.45) is 0 Å². The summed E-state index contributed by atoms with van der Waals surface area (Å²) >= 11 is 0. The molecule has 0 saturated heterocycles. The fraction of sp³-hybridized carbons (Fsp3) is 0.833. The fourth-order valence-corrected chi connectivity index (χ4v) is 2.35. The largest absolute Gasteiger partial charge is 0.370 e. The molecule has 2 rings (SSSR count). The summed E-state index contributed by atoms with van der Waals surface area (Å²) in [5.41, 5.74) is -0.299. The van der Waals surface area contributed by atoms with E-state index in [9.17, 15) is 0 Å². The highest BCUT2D eigenvalue weighted by molar-refractivity contribution is 5.04. The second-order valence-corrected chi connectivity index (χ2v) is 4.59. The zero-order valence-corrected chi connectivity index (χ0v) is 10.7. The number of ether oxygens (including phenoxy) is 1. The van der Waals surface area contributed by atoms with Gasteiger partial charge in [0.05, 0.1) is 6.54 Å². The average molecular weight is 239 g/mol. The Morgan fingerprint density at radius 3 is 2.82 bits per heavy atom. The van der Waals surface area contributed by atoms with Crippen LogP contribution in [0.5, 0.6) is 0 Å². The van der Waals surface area contributed by atoms with Crippen molar-refractivity contribution >= 4 is 0 Å². The first-order valence-corrected chi connectivity index (χ1v) is 6.39. The quantitative estimate of drug-likeness (QED) is 0.769. The van der Waals surface area contributed by atoms with Crippen LogP contribution in [0, 0.1) is 0 Å². The van der Waals surface area contributed by atoms with E-state index in [1.807, 2.05) is 0 Å². The molecule has 0 aliphatic heterocycles. The molecule has 0 amide bonds. The first-order chi connectivity index (χ1) is 8.30. The second-order valence-electron chi connectivity index (χ2n) is 4.59. The van der Waals surface area contributed by atoms with E-state index in [1.54, 1.807) is 7.11 Å². The molecule has 0 spiro atoms. The summed E-state index contributed by atoms with van der Waals surface area (Å²) < 4.78 is 10.9. The van der Waals surface area contributed by atoms with E-state index in [-0.39, 0.29) is 5.60 Å². The van der Waals surface area contributed by atoms with Crippen LogP contribution in [0.25, 0.3) is 0 Å². The van der Waals surface area contributed by atoms with Gasteiger partial charge < -0.3 is 14.6 Å². The normalized spacial score (nSPS) is 18.7. The van der Waals surface area contributed by atoms with Crippen molar-refractivity contribution in [2.75, 3.05) is 13.7 Å². The molecule has 1 N–H and O–H groups in total. The predicted octanol–water partition coefficient (Wildman–Crippen LogP) is 1.98. The molecule has 1 aromatic rings. The van der Waals surface area contributed by atoms with Gasteiger partial charge in [-0.05, 0) is 38.6 Å². The van der Waals surface area contributed by atoms with E-state index in [2.05, 4.69) is 22.4 Å². The number of hydrogen-bond acceptors (Lipinski definition) is 5. The van der Waals surface area contributed by atoms with Crippen LogP contribution in [0.4, 0.5) is 0 Å². The molecule has 1 heterocycles. The molecule has 1 aliphatic rings. The number of nitrogens with zero attached hydrogens (tertiary/aromatic N) is 2. The lowest BCUT2D eigenvalue weighted by Gasteiger charge is -2.22. The molecule has 0 bridgehead atoms. The van der Waals surface area contributed by atoms with Gasteiger partial charge in [-0.25, -0.2) is 0 Å². The van der Waals surface area contributed by atoms with Gasteiger partial charge in [0, 0.05) is 7.11 Å². The molecule has 0 unspecified atom stereocenters. The average Bonchev–Trinajstić information content (AvgIpc) is 2.98. The van der Waals surface area contributed by atoms with E-state index in [4.69, 9.17) is 9.26 Å². The highest BCUT2D eigenvalue weighted by Gasteiger charge is 2.40. The summed E-state index contributed by atoms with van der Waals surface area (Å²) in [6.07, 6.45) is 5.43. The van der Waals surface area contributed by atoms with E-state index in [0.717, 1.165) is 25.8 Å². The minimum Gasteiger partial charge on any atom is -0.370 e. The predicted molar refractivity (Wildman–Crippen MR) is 63.5 cm³/mol. The maximum Gasteiger partial charge on any atom is 0.240 e. The third-order valence-corrected chi connectivity index (χ3v) is 3.38. The topological polar surface area (TPSA) is 60.2 Å². The van der Waals surface area contributed by atoms with Crippen LogP contribution in [0.15, 0.2) is 4.52 Å². The molecule has 1 fully saturated rings. The summed E-state index contributed by atoms with van der Waals surface area (Å²) in [6, 6.07) is 0. The minimum absolute atomic E-state index is 0.299. The Hall–Kier alpha value is -0.940. The highest BCUT2D eigenvalue weighted by Crippen LogP contribution is 2.39. The zero-order chi connectivity index (χ0) is 12.1. The third-order valence-electron chi connectivity index (χ3n) is 3.38. The first-order valence-electron chi connectivity index (χ1n) is 6.39. The van der Waals surface area contributed by atoms with Crippen molar-refractivity contribution in [2.45, 2.75) is 51.2 Å². The molecule has 1 saturated carbocycles. The molecule has 1 aromatic heterocycles. The maximum atomic E-state index is 5.62. The summed E-state index contributed by atoms with van der Waals surface area (Å²) in [6.45, 7) is 3.73. The smallest absolute Gasteiger partial charge is 0.240 e. The molecular weight excluding hydrogens is 218 g/mol. The van der Waals surface area contributed by atoms with E-state index < -0.39 is 0 Å².